The summed E-state index contributed by atoms with van der Waals surface area (Å²) >= 11 is 0. The Hall–Kier alpha value is -3.87. The van der Waals surface area contributed by atoms with Crippen LogP contribution in [0, 0.1) is 0 Å². The number of ether oxygens (including phenoxy) is 1. The molecule has 2 heterocycles. The van der Waals surface area contributed by atoms with E-state index in [2.05, 4.69) is 10.6 Å². The molecule has 0 radical (unpaired) electrons. The molecule has 0 fully saturated rings. The Morgan fingerprint density at radius 2 is 1.71 bits per heavy atom. The average Bonchev–Trinajstić information content (AvgIpc) is 3.19. The van der Waals surface area contributed by atoms with Crippen LogP contribution in [-0.2, 0) is 9.53 Å². The van der Waals surface area contributed by atoms with E-state index in [0.717, 1.165) is 11.3 Å². The Labute approximate surface area is 180 Å². The second-order valence-electron chi connectivity index (χ2n) is 7.60. The van der Waals surface area contributed by atoms with Crippen LogP contribution in [0.4, 0.5) is 4.79 Å². The van der Waals surface area contributed by atoms with E-state index in [1.807, 2.05) is 66.9 Å². The molecular weight excluding hydrogens is 392 g/mol. The molecule has 2 N–H and O–H groups in total. The molecule has 0 bridgehead atoms. The van der Waals surface area contributed by atoms with Crippen molar-refractivity contribution in [2.24, 2.45) is 0 Å². The Morgan fingerprint density at radius 3 is 2.35 bits per heavy atom. The molecule has 3 aromatic rings. The van der Waals surface area contributed by atoms with Crippen LogP contribution in [0.5, 0.6) is 0 Å². The van der Waals surface area contributed by atoms with Gasteiger partial charge < -0.3 is 15.4 Å². The number of hydrogen-bond acceptors (Lipinski definition) is 4. The second-order valence-corrected chi connectivity index (χ2v) is 7.60. The third-order valence-corrected chi connectivity index (χ3v) is 4.95. The normalized spacial score (nSPS) is 16.1. The van der Waals surface area contributed by atoms with Crippen LogP contribution in [0.15, 0.2) is 78.1 Å². The zero-order valence-corrected chi connectivity index (χ0v) is 17.6. The predicted molar refractivity (Wildman–Crippen MR) is 117 cm³/mol. The van der Waals surface area contributed by atoms with Crippen LogP contribution in [-0.4, -0.2) is 27.9 Å². The van der Waals surface area contributed by atoms with Gasteiger partial charge in [0.05, 0.1) is 29.1 Å². The number of para-hydroxylation sites is 1. The van der Waals surface area contributed by atoms with Crippen molar-refractivity contribution < 1.29 is 14.3 Å². The highest BCUT2D eigenvalue weighted by molar-refractivity contribution is 5.95. The van der Waals surface area contributed by atoms with Crippen LogP contribution >= 0.6 is 0 Å². The highest BCUT2D eigenvalue weighted by Crippen LogP contribution is 2.35. The summed E-state index contributed by atoms with van der Waals surface area (Å²) in [7, 11) is 0. The van der Waals surface area contributed by atoms with E-state index in [4.69, 9.17) is 9.84 Å². The fourth-order valence-electron chi connectivity index (χ4n) is 3.61. The summed E-state index contributed by atoms with van der Waals surface area (Å²) in [6.07, 6.45) is 1.57. The molecule has 4 rings (SSSR count). The SMILES string of the molecule is CC1=C(C(=O)OC(C)C)[C@@H](c2cn(-c3ccccc3)nc2-c2ccccc2)NC(=O)N1. The second kappa shape index (κ2) is 8.47. The molecule has 7 heteroatoms. The van der Waals surface area contributed by atoms with Gasteiger partial charge in [-0.25, -0.2) is 14.3 Å². The molecule has 7 nitrogen and oxygen atoms in total. The molecule has 2 aromatic carbocycles. The van der Waals surface area contributed by atoms with Crippen molar-refractivity contribution in [1.82, 2.24) is 20.4 Å². The summed E-state index contributed by atoms with van der Waals surface area (Å²) < 4.78 is 7.23. The largest absolute Gasteiger partial charge is 0.459 e. The Kier molecular flexibility index (Phi) is 5.58. The van der Waals surface area contributed by atoms with Crippen molar-refractivity contribution in [1.29, 1.82) is 0 Å². The molecule has 1 aromatic heterocycles. The van der Waals surface area contributed by atoms with Gasteiger partial charge in [-0.1, -0.05) is 48.5 Å². The highest BCUT2D eigenvalue weighted by atomic mass is 16.5. The quantitative estimate of drug-likeness (QED) is 0.613. The fourth-order valence-corrected chi connectivity index (χ4v) is 3.61. The summed E-state index contributed by atoms with van der Waals surface area (Å²) in [5.74, 6) is -0.475. The lowest BCUT2D eigenvalue weighted by Crippen LogP contribution is -2.45. The van der Waals surface area contributed by atoms with Crippen LogP contribution in [0.1, 0.15) is 32.4 Å². The van der Waals surface area contributed by atoms with Crippen molar-refractivity contribution in [3.05, 3.63) is 83.7 Å². The number of amides is 2. The number of benzene rings is 2. The molecule has 0 saturated heterocycles. The molecule has 0 spiro atoms. The van der Waals surface area contributed by atoms with Gasteiger partial charge in [0.25, 0.3) is 0 Å². The van der Waals surface area contributed by atoms with E-state index in [1.165, 1.54) is 0 Å². The first kappa shape index (κ1) is 20.4. The molecule has 0 unspecified atom stereocenters. The molecule has 31 heavy (non-hydrogen) atoms. The zero-order chi connectivity index (χ0) is 22.0. The molecule has 1 aliphatic heterocycles. The fraction of sp³-hybridized carbons (Fsp3) is 0.208. The van der Waals surface area contributed by atoms with Gasteiger partial charge in [0.1, 0.15) is 0 Å². The predicted octanol–water partition coefficient (Wildman–Crippen LogP) is 4.12. The molecule has 2 amide bonds. The Bertz CT molecular complexity index is 1130. The topological polar surface area (TPSA) is 85.2 Å². The maximum atomic E-state index is 12.9. The smallest absolute Gasteiger partial charge is 0.338 e. The summed E-state index contributed by atoms with van der Waals surface area (Å²) in [5.41, 5.74) is 3.97. The van der Waals surface area contributed by atoms with Gasteiger partial charge in [-0.05, 0) is 32.9 Å². The number of hydrogen-bond donors (Lipinski definition) is 2. The number of allylic oxidation sites excluding steroid dienone is 1. The first-order valence-corrected chi connectivity index (χ1v) is 10.1. The maximum Gasteiger partial charge on any atom is 0.338 e. The van der Waals surface area contributed by atoms with Crippen molar-refractivity contribution in [2.45, 2.75) is 32.9 Å². The van der Waals surface area contributed by atoms with Crippen molar-refractivity contribution in [2.75, 3.05) is 0 Å². The Morgan fingerprint density at radius 1 is 1.06 bits per heavy atom. The summed E-state index contributed by atoms with van der Waals surface area (Å²) in [6, 6.07) is 18.3. The third-order valence-electron chi connectivity index (χ3n) is 4.95. The minimum Gasteiger partial charge on any atom is -0.459 e. The number of carbonyl (C=O) groups is 2. The number of rotatable bonds is 5. The number of urea groups is 1. The number of carbonyl (C=O) groups excluding carboxylic acids is 2. The van der Waals surface area contributed by atoms with E-state index >= 15 is 0 Å². The molecule has 1 aliphatic rings. The van der Waals surface area contributed by atoms with E-state index in [1.54, 1.807) is 25.5 Å². The van der Waals surface area contributed by atoms with E-state index in [9.17, 15) is 9.59 Å². The molecule has 0 aliphatic carbocycles. The summed E-state index contributed by atoms with van der Waals surface area (Å²) in [4.78, 5) is 25.3. The van der Waals surface area contributed by atoms with Gasteiger partial charge in [-0.15, -0.1) is 0 Å². The first-order valence-electron chi connectivity index (χ1n) is 10.1. The van der Waals surface area contributed by atoms with Crippen LogP contribution < -0.4 is 10.6 Å². The number of nitrogens with zero attached hydrogens (tertiary/aromatic N) is 2. The lowest BCUT2D eigenvalue weighted by molar-refractivity contribution is -0.143. The van der Waals surface area contributed by atoms with Crippen LogP contribution in [0.25, 0.3) is 16.9 Å². The molecule has 0 saturated carbocycles. The van der Waals surface area contributed by atoms with Crippen molar-refractivity contribution >= 4 is 12.0 Å². The van der Waals surface area contributed by atoms with Crippen molar-refractivity contribution in [3.63, 3.8) is 0 Å². The van der Waals surface area contributed by atoms with Crippen LogP contribution in [0.2, 0.25) is 0 Å². The maximum absolute atomic E-state index is 12.9. The van der Waals surface area contributed by atoms with Crippen molar-refractivity contribution in [3.8, 4) is 16.9 Å². The molecule has 1 atom stereocenters. The van der Waals surface area contributed by atoms with Gasteiger partial charge in [0, 0.05) is 23.0 Å². The minimum atomic E-state index is -0.701. The average molecular weight is 416 g/mol. The van der Waals surface area contributed by atoms with E-state index < -0.39 is 12.0 Å². The number of aromatic nitrogens is 2. The molecule has 158 valence electrons. The molecular formula is C24H24N4O3. The highest BCUT2D eigenvalue weighted by Gasteiger charge is 2.35. The zero-order valence-electron chi connectivity index (χ0n) is 17.6. The van der Waals surface area contributed by atoms with Gasteiger partial charge in [-0.3, -0.25) is 0 Å². The number of nitrogens with one attached hydrogen (secondary N) is 2. The Balaban J connectivity index is 1.88. The van der Waals surface area contributed by atoms with E-state index in [0.29, 0.717) is 22.5 Å². The van der Waals surface area contributed by atoms with Gasteiger partial charge in [0.2, 0.25) is 0 Å². The van der Waals surface area contributed by atoms with E-state index in [-0.39, 0.29) is 12.1 Å². The summed E-state index contributed by atoms with van der Waals surface area (Å²) in [5, 5.41) is 10.4. The standard InChI is InChI=1S/C24H24N4O3/c1-15(2)31-23(29)20-16(3)25-24(30)26-22(20)19-14-28(18-12-8-5-9-13-18)27-21(19)17-10-6-4-7-11-17/h4-15,22H,1-3H3,(H2,25,26,30)/t22-/m1/s1. The number of esters is 1. The monoisotopic (exact) mass is 416 g/mol. The van der Waals surface area contributed by atoms with Crippen LogP contribution in [0.3, 0.4) is 0 Å². The third kappa shape index (κ3) is 4.21. The lowest BCUT2D eigenvalue weighted by atomic mass is 9.94. The summed E-state index contributed by atoms with van der Waals surface area (Å²) in [6.45, 7) is 5.29. The van der Waals surface area contributed by atoms with Gasteiger partial charge >= 0.3 is 12.0 Å². The van der Waals surface area contributed by atoms with Gasteiger partial charge in [0.15, 0.2) is 0 Å². The minimum absolute atomic E-state index is 0.285. The lowest BCUT2D eigenvalue weighted by Gasteiger charge is -2.28. The first-order chi connectivity index (χ1) is 14.9. The van der Waals surface area contributed by atoms with Gasteiger partial charge in [-0.2, -0.15) is 5.10 Å².